The molecule has 3 rings (SSSR count). The Labute approximate surface area is 147 Å². The molecule has 130 valence electrons. The number of hydrogen-bond acceptors (Lipinski definition) is 4. The van der Waals surface area contributed by atoms with Crippen LogP contribution in [-0.4, -0.2) is 16.5 Å². The molecule has 0 aliphatic heterocycles. The van der Waals surface area contributed by atoms with Gasteiger partial charge in [-0.25, -0.2) is 9.97 Å². The summed E-state index contributed by atoms with van der Waals surface area (Å²) >= 11 is 1.02. The first-order chi connectivity index (χ1) is 11.9. The van der Waals surface area contributed by atoms with Gasteiger partial charge in [-0.3, -0.25) is 0 Å². The summed E-state index contributed by atoms with van der Waals surface area (Å²) in [7, 11) is 0. The third-order valence-electron chi connectivity index (χ3n) is 3.69. The molecule has 1 N–H and O–H groups in total. The number of rotatable bonds is 5. The van der Waals surface area contributed by atoms with Crippen molar-refractivity contribution in [1.82, 2.24) is 9.97 Å². The van der Waals surface area contributed by atoms with Crippen molar-refractivity contribution in [2.75, 3.05) is 11.9 Å². The Morgan fingerprint density at radius 2 is 1.84 bits per heavy atom. The van der Waals surface area contributed by atoms with Gasteiger partial charge < -0.3 is 5.32 Å². The molecule has 2 heterocycles. The highest BCUT2D eigenvalue weighted by Gasteiger charge is 2.31. The van der Waals surface area contributed by atoms with Crippen molar-refractivity contribution in [2.24, 2.45) is 0 Å². The van der Waals surface area contributed by atoms with Gasteiger partial charge in [-0.1, -0.05) is 29.8 Å². The zero-order valence-electron chi connectivity index (χ0n) is 13.5. The van der Waals surface area contributed by atoms with E-state index in [1.807, 2.05) is 6.92 Å². The van der Waals surface area contributed by atoms with Crippen molar-refractivity contribution < 1.29 is 13.2 Å². The van der Waals surface area contributed by atoms with Crippen LogP contribution in [0.5, 0.6) is 0 Å². The zero-order chi connectivity index (χ0) is 17.9. The minimum Gasteiger partial charge on any atom is -0.370 e. The van der Waals surface area contributed by atoms with Crippen LogP contribution < -0.4 is 5.32 Å². The molecule has 1 aromatic carbocycles. The Bertz CT molecular complexity index is 841. The Balaban J connectivity index is 1.65. The summed E-state index contributed by atoms with van der Waals surface area (Å²) in [5, 5.41) is 4.29. The quantitative estimate of drug-likeness (QED) is 0.678. The summed E-state index contributed by atoms with van der Waals surface area (Å²) in [4.78, 5) is 8.67. The van der Waals surface area contributed by atoms with Crippen LogP contribution in [0.2, 0.25) is 0 Å². The molecule has 3 aromatic rings. The summed E-state index contributed by atoms with van der Waals surface area (Å²) < 4.78 is 38.1. The third-order valence-corrected chi connectivity index (χ3v) is 4.64. The SMILES string of the molecule is Cc1ccc(CCNc2cc(-c3cc(C(F)(F)F)cs3)ncn2)cc1. The van der Waals surface area contributed by atoms with Crippen molar-refractivity contribution in [2.45, 2.75) is 19.5 Å². The summed E-state index contributed by atoms with van der Waals surface area (Å²) in [5.41, 5.74) is 2.25. The molecule has 0 radical (unpaired) electrons. The normalized spacial score (nSPS) is 11.5. The Hall–Kier alpha value is -2.41. The Morgan fingerprint density at radius 3 is 2.52 bits per heavy atom. The molecular formula is C18H16F3N3S. The van der Waals surface area contributed by atoms with Crippen LogP contribution in [-0.2, 0) is 12.6 Å². The van der Waals surface area contributed by atoms with Gasteiger partial charge >= 0.3 is 6.18 Å². The number of benzene rings is 1. The number of hydrogen-bond donors (Lipinski definition) is 1. The van der Waals surface area contributed by atoms with Crippen molar-refractivity contribution in [3.63, 3.8) is 0 Å². The first-order valence-corrected chi connectivity index (χ1v) is 8.57. The number of halogens is 3. The van der Waals surface area contributed by atoms with E-state index in [0.717, 1.165) is 29.2 Å². The van der Waals surface area contributed by atoms with Crippen molar-refractivity contribution in [1.29, 1.82) is 0 Å². The predicted octanol–water partition coefficient (Wildman–Crippen LogP) is 5.19. The lowest BCUT2D eigenvalue weighted by Crippen LogP contribution is -2.06. The second kappa shape index (κ2) is 7.23. The molecule has 2 aromatic heterocycles. The molecule has 25 heavy (non-hydrogen) atoms. The van der Waals surface area contributed by atoms with E-state index in [0.29, 0.717) is 22.9 Å². The largest absolute Gasteiger partial charge is 0.417 e. The van der Waals surface area contributed by atoms with Crippen molar-refractivity contribution in [3.05, 3.63) is 64.8 Å². The highest BCUT2D eigenvalue weighted by atomic mass is 32.1. The van der Waals surface area contributed by atoms with E-state index in [1.165, 1.54) is 17.5 Å². The number of alkyl halides is 3. The molecule has 7 heteroatoms. The lowest BCUT2D eigenvalue weighted by Gasteiger charge is -2.07. The summed E-state index contributed by atoms with van der Waals surface area (Å²) in [5.74, 6) is 0.596. The van der Waals surface area contributed by atoms with E-state index in [-0.39, 0.29) is 0 Å². The first-order valence-electron chi connectivity index (χ1n) is 7.69. The number of aromatic nitrogens is 2. The Morgan fingerprint density at radius 1 is 1.08 bits per heavy atom. The lowest BCUT2D eigenvalue weighted by atomic mass is 10.1. The Kier molecular flexibility index (Phi) is 5.03. The summed E-state index contributed by atoms with van der Waals surface area (Å²) in [6, 6.07) is 11.1. The average molecular weight is 363 g/mol. The van der Waals surface area contributed by atoms with E-state index in [2.05, 4.69) is 39.6 Å². The van der Waals surface area contributed by atoms with Gasteiger partial charge in [0.2, 0.25) is 0 Å². The molecular weight excluding hydrogens is 347 g/mol. The van der Waals surface area contributed by atoms with E-state index in [1.54, 1.807) is 6.07 Å². The van der Waals surface area contributed by atoms with E-state index >= 15 is 0 Å². The van der Waals surface area contributed by atoms with Crippen molar-refractivity contribution >= 4 is 17.2 Å². The standard InChI is InChI=1S/C18H16F3N3S/c1-12-2-4-13(5-3-12)6-7-22-17-9-15(23-11-24-17)16-8-14(10-25-16)18(19,20)21/h2-5,8-11H,6-7H2,1H3,(H,22,23,24). The minimum absolute atomic E-state index is 0.469. The second-order valence-electron chi connectivity index (χ2n) is 5.65. The maximum absolute atomic E-state index is 12.7. The van der Waals surface area contributed by atoms with Gasteiger partial charge in [0.05, 0.1) is 16.1 Å². The molecule has 0 saturated carbocycles. The van der Waals surface area contributed by atoms with Gasteiger partial charge in [-0.05, 0) is 25.0 Å². The zero-order valence-corrected chi connectivity index (χ0v) is 14.3. The maximum Gasteiger partial charge on any atom is 0.417 e. The average Bonchev–Trinajstić information content (AvgIpc) is 3.07. The lowest BCUT2D eigenvalue weighted by molar-refractivity contribution is -0.137. The molecule has 0 saturated heterocycles. The summed E-state index contributed by atoms with van der Waals surface area (Å²) in [6.07, 6.45) is -2.15. The number of aryl methyl sites for hydroxylation is 1. The van der Waals surface area contributed by atoms with Gasteiger partial charge in [0.1, 0.15) is 12.1 Å². The summed E-state index contributed by atoms with van der Waals surface area (Å²) in [6.45, 7) is 2.72. The maximum atomic E-state index is 12.7. The van der Waals surface area contributed by atoms with Gasteiger partial charge in [-0.15, -0.1) is 11.3 Å². The molecule has 3 nitrogen and oxygen atoms in total. The number of thiophene rings is 1. The number of nitrogens with one attached hydrogen (secondary N) is 1. The fraction of sp³-hybridized carbons (Fsp3) is 0.222. The monoisotopic (exact) mass is 363 g/mol. The highest BCUT2D eigenvalue weighted by molar-refractivity contribution is 7.13. The molecule has 0 atom stereocenters. The van der Waals surface area contributed by atoms with E-state index < -0.39 is 11.7 Å². The molecule has 0 fully saturated rings. The molecule has 0 bridgehead atoms. The molecule has 0 amide bonds. The third kappa shape index (κ3) is 4.57. The topological polar surface area (TPSA) is 37.8 Å². The second-order valence-corrected chi connectivity index (χ2v) is 6.56. The fourth-order valence-corrected chi connectivity index (χ4v) is 3.18. The predicted molar refractivity (Wildman–Crippen MR) is 93.7 cm³/mol. The van der Waals surface area contributed by atoms with E-state index in [9.17, 15) is 13.2 Å². The van der Waals surface area contributed by atoms with Gasteiger partial charge in [-0.2, -0.15) is 13.2 Å². The van der Waals surface area contributed by atoms with Gasteiger partial charge in [0, 0.05) is 18.0 Å². The van der Waals surface area contributed by atoms with Crippen LogP contribution in [0.1, 0.15) is 16.7 Å². The van der Waals surface area contributed by atoms with Crippen molar-refractivity contribution in [3.8, 4) is 10.6 Å². The molecule has 0 unspecified atom stereocenters. The van der Waals surface area contributed by atoms with Crippen LogP contribution in [0.4, 0.5) is 19.0 Å². The first kappa shape index (κ1) is 17.4. The minimum atomic E-state index is -4.34. The molecule has 0 aliphatic carbocycles. The van der Waals surface area contributed by atoms with Gasteiger partial charge in [0.15, 0.2) is 0 Å². The fourth-order valence-electron chi connectivity index (χ4n) is 2.30. The molecule has 0 spiro atoms. The van der Waals surface area contributed by atoms with Crippen LogP contribution in [0.25, 0.3) is 10.6 Å². The highest BCUT2D eigenvalue weighted by Crippen LogP contribution is 2.36. The number of nitrogens with zero attached hydrogens (tertiary/aromatic N) is 2. The molecule has 0 aliphatic rings. The van der Waals surface area contributed by atoms with E-state index in [4.69, 9.17) is 0 Å². The van der Waals surface area contributed by atoms with Crippen LogP contribution in [0.15, 0.2) is 48.1 Å². The van der Waals surface area contributed by atoms with Crippen LogP contribution >= 0.6 is 11.3 Å². The van der Waals surface area contributed by atoms with Crippen LogP contribution in [0.3, 0.4) is 0 Å². The van der Waals surface area contributed by atoms with Gasteiger partial charge in [0.25, 0.3) is 0 Å². The van der Waals surface area contributed by atoms with Crippen LogP contribution in [0, 0.1) is 6.92 Å². The smallest absolute Gasteiger partial charge is 0.370 e. The number of anilines is 1.